The summed E-state index contributed by atoms with van der Waals surface area (Å²) in [5, 5.41) is 15.4. The molecule has 0 fully saturated rings. The molecule has 2 unspecified atom stereocenters. The van der Waals surface area contributed by atoms with Crippen LogP contribution in [0, 0.1) is 19.8 Å². The van der Waals surface area contributed by atoms with Crippen molar-refractivity contribution >= 4 is 17.9 Å². The molecule has 0 aliphatic carbocycles. The van der Waals surface area contributed by atoms with Gasteiger partial charge in [-0.3, -0.25) is 9.59 Å². The minimum Gasteiger partial charge on any atom is -0.444 e. The van der Waals surface area contributed by atoms with E-state index in [0.29, 0.717) is 12.0 Å². The maximum Gasteiger partial charge on any atom is 0.408 e. The number of carbonyl (C=O) groups is 3. The number of nitrogens with zero attached hydrogens (tertiary/aromatic N) is 1. The normalized spacial score (nSPS) is 13.4. The van der Waals surface area contributed by atoms with Crippen LogP contribution < -0.4 is 10.6 Å². The smallest absolute Gasteiger partial charge is 0.408 e. The van der Waals surface area contributed by atoms with Crippen molar-refractivity contribution in [2.24, 2.45) is 5.92 Å². The zero-order valence-corrected chi connectivity index (χ0v) is 22.2. The fourth-order valence-corrected chi connectivity index (χ4v) is 3.76. The number of benzene rings is 1. The number of carbonyl (C=O) groups excluding carboxylic acids is 3. The molecule has 0 spiro atoms. The number of hydrogen-bond donors (Lipinski definition) is 3. The second-order valence-electron chi connectivity index (χ2n) is 10.5. The van der Waals surface area contributed by atoms with E-state index < -0.39 is 29.7 Å². The van der Waals surface area contributed by atoms with E-state index in [2.05, 4.69) is 10.6 Å². The van der Waals surface area contributed by atoms with Crippen LogP contribution in [0.15, 0.2) is 18.2 Å². The number of aliphatic hydroxyl groups excluding tert-OH is 1. The molecule has 0 radical (unpaired) electrons. The highest BCUT2D eigenvalue weighted by molar-refractivity contribution is 5.92. The summed E-state index contributed by atoms with van der Waals surface area (Å²) in [7, 11) is 0. The molecule has 1 rings (SSSR count). The van der Waals surface area contributed by atoms with Gasteiger partial charge in [-0.05, 0) is 71.9 Å². The lowest BCUT2D eigenvalue weighted by atomic mass is 9.95. The average Bonchev–Trinajstić information content (AvgIpc) is 2.65. The van der Waals surface area contributed by atoms with Crippen LogP contribution in [-0.4, -0.2) is 58.8 Å². The van der Waals surface area contributed by atoms with Crippen molar-refractivity contribution in [1.29, 1.82) is 0 Å². The number of amides is 3. The summed E-state index contributed by atoms with van der Waals surface area (Å²) in [6.45, 7) is 16.3. The van der Waals surface area contributed by atoms with E-state index in [1.807, 2.05) is 59.7 Å². The number of nitrogens with one attached hydrogen (secondary N) is 2. The average molecular weight is 478 g/mol. The Labute approximate surface area is 204 Å². The van der Waals surface area contributed by atoms with Crippen molar-refractivity contribution in [3.05, 3.63) is 34.9 Å². The Balaban J connectivity index is 3.47. The van der Waals surface area contributed by atoms with Crippen LogP contribution in [0.2, 0.25) is 0 Å². The summed E-state index contributed by atoms with van der Waals surface area (Å²) in [5.41, 5.74) is 1.85. The van der Waals surface area contributed by atoms with Crippen LogP contribution in [0.25, 0.3) is 0 Å². The zero-order valence-electron chi connectivity index (χ0n) is 22.2. The number of rotatable bonds is 10. The number of aliphatic hydroxyl groups is 1. The van der Waals surface area contributed by atoms with Crippen LogP contribution in [0.1, 0.15) is 77.6 Å². The Morgan fingerprint density at radius 1 is 1.06 bits per heavy atom. The summed E-state index contributed by atoms with van der Waals surface area (Å²) in [6, 6.07) is 3.67. The molecule has 0 saturated heterocycles. The van der Waals surface area contributed by atoms with Gasteiger partial charge in [-0.1, -0.05) is 37.6 Å². The molecule has 192 valence electrons. The van der Waals surface area contributed by atoms with Crippen LogP contribution in [0.3, 0.4) is 0 Å². The zero-order chi connectivity index (χ0) is 26.2. The van der Waals surface area contributed by atoms with Gasteiger partial charge < -0.3 is 25.4 Å². The number of aryl methyl sites for hydroxylation is 2. The van der Waals surface area contributed by atoms with Gasteiger partial charge in [0.25, 0.3) is 0 Å². The van der Waals surface area contributed by atoms with Crippen molar-refractivity contribution in [1.82, 2.24) is 15.5 Å². The third-order valence-corrected chi connectivity index (χ3v) is 5.03. The van der Waals surface area contributed by atoms with E-state index >= 15 is 0 Å². The highest BCUT2D eigenvalue weighted by Gasteiger charge is 2.37. The predicted octanol–water partition coefficient (Wildman–Crippen LogP) is 3.63. The van der Waals surface area contributed by atoms with Crippen molar-refractivity contribution in [2.75, 3.05) is 13.2 Å². The molecule has 8 heteroatoms. The third kappa shape index (κ3) is 9.33. The molecule has 8 nitrogen and oxygen atoms in total. The first-order valence-electron chi connectivity index (χ1n) is 11.9. The maximum atomic E-state index is 13.8. The van der Waals surface area contributed by atoms with Crippen molar-refractivity contribution in [3.8, 4) is 0 Å². The highest BCUT2D eigenvalue weighted by Crippen LogP contribution is 2.27. The lowest BCUT2D eigenvalue weighted by molar-refractivity contribution is -0.143. The van der Waals surface area contributed by atoms with Gasteiger partial charge >= 0.3 is 6.09 Å². The first kappa shape index (κ1) is 29.4. The molecule has 0 aliphatic heterocycles. The summed E-state index contributed by atoms with van der Waals surface area (Å²) in [4.78, 5) is 41.1. The van der Waals surface area contributed by atoms with Crippen LogP contribution in [-0.2, 0) is 14.3 Å². The second kappa shape index (κ2) is 12.7. The van der Waals surface area contributed by atoms with E-state index in [0.717, 1.165) is 11.1 Å². The fourth-order valence-electron chi connectivity index (χ4n) is 3.76. The maximum absolute atomic E-state index is 13.8. The van der Waals surface area contributed by atoms with Gasteiger partial charge in [-0.15, -0.1) is 0 Å². The molecule has 3 amide bonds. The van der Waals surface area contributed by atoms with Gasteiger partial charge in [0.15, 0.2) is 0 Å². The standard InChI is InChI=1S/C26H43N3O5/c1-16(2)14-21(28-25(33)34-26(7,8)9)24(32)29(12-13-30)22(23(31)27-17(3)4)20-11-10-18(5)15-19(20)6/h10-11,15-17,21-22,30H,12-14H2,1-9H3,(H,27,31)(H,28,33). The Hall–Kier alpha value is -2.61. The molecule has 3 N–H and O–H groups in total. The van der Waals surface area contributed by atoms with Crippen molar-refractivity contribution in [3.63, 3.8) is 0 Å². The Morgan fingerprint density at radius 2 is 1.68 bits per heavy atom. The van der Waals surface area contributed by atoms with Gasteiger partial charge in [0.1, 0.15) is 17.7 Å². The van der Waals surface area contributed by atoms with Crippen molar-refractivity contribution < 1.29 is 24.2 Å². The van der Waals surface area contributed by atoms with Gasteiger partial charge in [0.2, 0.25) is 11.8 Å². The van der Waals surface area contributed by atoms with Crippen LogP contribution in [0.4, 0.5) is 4.79 Å². The quantitative estimate of drug-likeness (QED) is 0.477. The van der Waals surface area contributed by atoms with E-state index in [9.17, 15) is 19.5 Å². The van der Waals surface area contributed by atoms with Gasteiger partial charge in [0.05, 0.1) is 6.61 Å². The monoisotopic (exact) mass is 477 g/mol. The van der Waals surface area contributed by atoms with E-state index in [4.69, 9.17) is 4.74 Å². The lowest BCUT2D eigenvalue weighted by Gasteiger charge is -2.35. The Kier molecular flexibility index (Phi) is 11.0. The summed E-state index contributed by atoms with van der Waals surface area (Å²) in [5.74, 6) is -0.703. The molecule has 1 aromatic carbocycles. The molecule has 0 aliphatic rings. The number of ether oxygens (including phenoxy) is 1. The van der Waals surface area contributed by atoms with Gasteiger partial charge in [0, 0.05) is 12.6 Å². The summed E-state index contributed by atoms with van der Waals surface area (Å²) < 4.78 is 5.37. The van der Waals surface area contributed by atoms with Crippen LogP contribution in [0.5, 0.6) is 0 Å². The van der Waals surface area contributed by atoms with E-state index in [1.165, 1.54) is 4.90 Å². The van der Waals surface area contributed by atoms with Gasteiger partial charge in [-0.25, -0.2) is 4.79 Å². The first-order chi connectivity index (χ1) is 15.7. The fraction of sp³-hybridized carbons (Fsp3) is 0.654. The summed E-state index contributed by atoms with van der Waals surface area (Å²) >= 11 is 0. The SMILES string of the molecule is Cc1ccc(C(C(=O)NC(C)C)N(CCO)C(=O)C(CC(C)C)NC(=O)OC(C)(C)C)c(C)c1. The van der Waals surface area contributed by atoms with E-state index in [1.54, 1.807) is 20.8 Å². The summed E-state index contributed by atoms with van der Waals surface area (Å²) in [6.07, 6.45) is -0.351. The molecule has 0 heterocycles. The Morgan fingerprint density at radius 3 is 2.15 bits per heavy atom. The first-order valence-corrected chi connectivity index (χ1v) is 11.9. The van der Waals surface area contributed by atoms with E-state index in [-0.39, 0.29) is 31.0 Å². The molecule has 2 atom stereocenters. The second-order valence-corrected chi connectivity index (χ2v) is 10.5. The number of hydrogen-bond acceptors (Lipinski definition) is 5. The third-order valence-electron chi connectivity index (χ3n) is 5.03. The van der Waals surface area contributed by atoms with Gasteiger partial charge in [-0.2, -0.15) is 0 Å². The largest absolute Gasteiger partial charge is 0.444 e. The molecule has 0 saturated carbocycles. The minimum atomic E-state index is -0.960. The molecule has 0 aromatic heterocycles. The van der Waals surface area contributed by atoms with Crippen molar-refractivity contribution in [2.45, 2.75) is 92.5 Å². The van der Waals surface area contributed by atoms with Crippen LogP contribution >= 0.6 is 0 Å². The highest BCUT2D eigenvalue weighted by atomic mass is 16.6. The molecule has 34 heavy (non-hydrogen) atoms. The molecular formula is C26H43N3O5. The topological polar surface area (TPSA) is 108 Å². The molecule has 1 aromatic rings. The number of alkyl carbamates (subject to hydrolysis) is 1. The minimum absolute atomic E-state index is 0.0626. The molecule has 0 bridgehead atoms. The predicted molar refractivity (Wildman–Crippen MR) is 133 cm³/mol. The molecular weight excluding hydrogens is 434 g/mol. The Bertz CT molecular complexity index is 845. The lowest BCUT2D eigenvalue weighted by Crippen LogP contribution is -2.54.